The Kier molecular flexibility index (Phi) is 7.15. The molecule has 0 unspecified atom stereocenters. The molecule has 2 nitrogen and oxygen atoms in total. The number of benzene rings is 2. The number of allylic oxidation sites excluding steroid dienone is 2. The molecule has 0 spiro atoms. The van der Waals surface area contributed by atoms with Crippen molar-refractivity contribution in [1.82, 2.24) is 0 Å². The molecular formula is C20H13F11N2. The van der Waals surface area contributed by atoms with Gasteiger partial charge in [0.2, 0.25) is 0 Å². The summed E-state index contributed by atoms with van der Waals surface area (Å²) in [5.41, 5.74) is -2.37. The predicted molar refractivity (Wildman–Crippen MR) is 98.6 cm³/mol. The Bertz CT molecular complexity index is 982. The number of hydrogen-bond acceptors (Lipinski definition) is 2. The summed E-state index contributed by atoms with van der Waals surface area (Å²) >= 11 is 0. The summed E-state index contributed by atoms with van der Waals surface area (Å²) in [5, 5.41) is 1.65. The van der Waals surface area contributed by atoms with Crippen LogP contribution in [0.15, 0.2) is 77.4 Å². The van der Waals surface area contributed by atoms with Crippen molar-refractivity contribution in [3.05, 3.63) is 72.4 Å². The molecule has 13 heteroatoms. The van der Waals surface area contributed by atoms with E-state index in [0.29, 0.717) is 6.21 Å². The molecule has 0 radical (unpaired) electrons. The van der Waals surface area contributed by atoms with Crippen LogP contribution in [0, 0.1) is 0 Å². The molecule has 2 aromatic rings. The number of aliphatic imine (C=N–C) groups is 1. The van der Waals surface area contributed by atoms with Crippen LogP contribution in [0.3, 0.4) is 0 Å². The van der Waals surface area contributed by atoms with Crippen LogP contribution in [0.25, 0.3) is 0 Å². The van der Waals surface area contributed by atoms with E-state index in [2.05, 4.69) is 4.99 Å². The van der Waals surface area contributed by atoms with Crippen molar-refractivity contribution in [2.45, 2.75) is 29.9 Å². The third-order valence-corrected chi connectivity index (χ3v) is 4.15. The van der Waals surface area contributed by atoms with Crippen LogP contribution in [0.2, 0.25) is 0 Å². The van der Waals surface area contributed by atoms with E-state index in [1.165, 1.54) is 42.5 Å². The number of nitrogens with one attached hydrogen (secondary N) is 1. The zero-order valence-electron chi connectivity index (χ0n) is 16.0. The fraction of sp³-hybridized carbons (Fsp3) is 0.250. The van der Waals surface area contributed by atoms with Gasteiger partial charge in [0.25, 0.3) is 0 Å². The third kappa shape index (κ3) is 4.96. The lowest BCUT2D eigenvalue weighted by Gasteiger charge is -2.38. The minimum atomic E-state index is -7.52. The van der Waals surface area contributed by atoms with Crippen LogP contribution in [0.1, 0.15) is 0 Å². The second kappa shape index (κ2) is 9.02. The summed E-state index contributed by atoms with van der Waals surface area (Å²) in [6.45, 7) is 0. The molecule has 0 aliphatic carbocycles. The third-order valence-electron chi connectivity index (χ3n) is 4.15. The lowest BCUT2D eigenvalue weighted by Crippen LogP contribution is -2.67. The van der Waals surface area contributed by atoms with Gasteiger partial charge in [0.15, 0.2) is 0 Å². The van der Waals surface area contributed by atoms with Crippen molar-refractivity contribution in [3.63, 3.8) is 0 Å². The minimum Gasteiger partial charge on any atom is -0.354 e. The lowest BCUT2D eigenvalue weighted by atomic mass is 9.95. The van der Waals surface area contributed by atoms with Gasteiger partial charge >= 0.3 is 29.9 Å². The summed E-state index contributed by atoms with van der Waals surface area (Å²) in [6.07, 6.45) is -6.71. The maximum Gasteiger partial charge on any atom is 0.460 e. The average Bonchev–Trinajstić information content (AvgIpc) is 2.73. The van der Waals surface area contributed by atoms with Gasteiger partial charge in [-0.1, -0.05) is 36.4 Å². The zero-order chi connectivity index (χ0) is 25.1. The molecule has 0 aliphatic heterocycles. The highest BCUT2D eigenvalue weighted by molar-refractivity contribution is 5.77. The molecule has 0 bridgehead atoms. The van der Waals surface area contributed by atoms with E-state index in [1.54, 1.807) is 11.4 Å². The number of rotatable bonds is 8. The van der Waals surface area contributed by atoms with Gasteiger partial charge < -0.3 is 5.32 Å². The van der Waals surface area contributed by atoms with Crippen molar-refractivity contribution in [2.75, 3.05) is 5.32 Å². The molecule has 2 rings (SSSR count). The minimum absolute atomic E-state index is 0.0652. The van der Waals surface area contributed by atoms with E-state index in [-0.39, 0.29) is 17.5 Å². The van der Waals surface area contributed by atoms with Crippen LogP contribution >= 0.6 is 0 Å². The van der Waals surface area contributed by atoms with E-state index in [9.17, 15) is 48.3 Å². The van der Waals surface area contributed by atoms with Gasteiger partial charge in [-0.25, -0.2) is 0 Å². The molecule has 0 atom stereocenters. The van der Waals surface area contributed by atoms with E-state index in [1.807, 2.05) is 0 Å². The number of anilines is 1. The summed E-state index contributed by atoms with van der Waals surface area (Å²) < 4.78 is 148. The van der Waals surface area contributed by atoms with Crippen LogP contribution in [-0.2, 0) is 0 Å². The highest BCUT2D eigenvalue weighted by Gasteiger charge is 2.87. The first-order valence-electron chi connectivity index (χ1n) is 8.75. The van der Waals surface area contributed by atoms with Crippen molar-refractivity contribution < 1.29 is 48.3 Å². The van der Waals surface area contributed by atoms with Gasteiger partial charge in [-0.15, -0.1) is 0 Å². The van der Waals surface area contributed by atoms with Gasteiger partial charge in [-0.3, -0.25) is 4.99 Å². The summed E-state index contributed by atoms with van der Waals surface area (Å²) in [7, 11) is 0. The maximum absolute atomic E-state index is 14.6. The second-order valence-corrected chi connectivity index (χ2v) is 6.48. The standard InChI is InChI=1S/C20H13F11N2/c21-16(22,17(23,24)18(25,26)19(27,28)20(29,30)31)15(33-14-9-5-2-6-10-14)11-12-32-13-7-3-1-4-8-13/h1-12,33H/b15-11-,32-12?. The number of para-hydroxylation sites is 2. The lowest BCUT2D eigenvalue weighted by molar-refractivity contribution is -0.417. The molecule has 0 aliphatic rings. The highest BCUT2D eigenvalue weighted by atomic mass is 19.4. The van der Waals surface area contributed by atoms with E-state index < -0.39 is 35.6 Å². The Balaban J connectivity index is 2.57. The molecule has 1 N–H and O–H groups in total. The Morgan fingerprint density at radius 1 is 0.636 bits per heavy atom. The van der Waals surface area contributed by atoms with Crippen LogP contribution in [0.5, 0.6) is 0 Å². The second-order valence-electron chi connectivity index (χ2n) is 6.48. The number of hydrogen-bond donors (Lipinski definition) is 1. The van der Waals surface area contributed by atoms with E-state index in [0.717, 1.165) is 12.1 Å². The molecule has 0 saturated heterocycles. The SMILES string of the molecule is FC(F)(F)C(F)(F)C(F)(F)C(F)(F)C(F)(F)/C(=C/C=Nc1ccccc1)Nc1ccccc1. The fourth-order valence-electron chi connectivity index (χ4n) is 2.36. The summed E-state index contributed by atoms with van der Waals surface area (Å²) in [6, 6.07) is 13.0. The maximum atomic E-state index is 14.6. The molecule has 180 valence electrons. The number of alkyl halides is 11. The first-order valence-corrected chi connectivity index (χ1v) is 8.75. The van der Waals surface area contributed by atoms with Gasteiger partial charge in [0.1, 0.15) is 0 Å². The average molecular weight is 490 g/mol. The Labute approximate surface area is 179 Å². The molecule has 33 heavy (non-hydrogen) atoms. The largest absolute Gasteiger partial charge is 0.460 e. The van der Waals surface area contributed by atoms with Crippen LogP contribution < -0.4 is 5.32 Å². The van der Waals surface area contributed by atoms with Gasteiger partial charge in [0, 0.05) is 11.9 Å². The fourth-order valence-corrected chi connectivity index (χ4v) is 2.36. The number of nitrogens with zero attached hydrogens (tertiary/aromatic N) is 1. The predicted octanol–water partition coefficient (Wildman–Crippen LogP) is 7.49. The monoisotopic (exact) mass is 490 g/mol. The molecule has 0 aromatic heterocycles. The van der Waals surface area contributed by atoms with Crippen molar-refractivity contribution >= 4 is 17.6 Å². The van der Waals surface area contributed by atoms with Crippen molar-refractivity contribution in [3.8, 4) is 0 Å². The molecule has 0 fully saturated rings. The van der Waals surface area contributed by atoms with Gasteiger partial charge in [0.05, 0.1) is 11.4 Å². The molecular weight excluding hydrogens is 477 g/mol. The molecule has 0 amide bonds. The first-order chi connectivity index (χ1) is 15.1. The Morgan fingerprint density at radius 3 is 1.61 bits per heavy atom. The van der Waals surface area contributed by atoms with Crippen LogP contribution in [0.4, 0.5) is 59.7 Å². The molecule has 0 heterocycles. The summed E-state index contributed by atoms with van der Waals surface area (Å²) in [5.74, 6) is -28.4. The van der Waals surface area contributed by atoms with Gasteiger partial charge in [-0.05, 0) is 30.3 Å². The smallest absolute Gasteiger partial charge is 0.354 e. The highest BCUT2D eigenvalue weighted by Crippen LogP contribution is 2.58. The van der Waals surface area contributed by atoms with E-state index in [4.69, 9.17) is 0 Å². The Hall–Kier alpha value is -3.12. The Morgan fingerprint density at radius 2 is 1.12 bits per heavy atom. The van der Waals surface area contributed by atoms with Crippen molar-refractivity contribution in [1.29, 1.82) is 0 Å². The molecule has 0 saturated carbocycles. The summed E-state index contributed by atoms with van der Waals surface area (Å²) in [4.78, 5) is 3.60. The topological polar surface area (TPSA) is 24.4 Å². The first kappa shape index (κ1) is 26.1. The normalized spacial score (nSPS) is 14.6. The van der Waals surface area contributed by atoms with Crippen molar-refractivity contribution in [2.24, 2.45) is 4.99 Å². The molecule has 2 aromatic carbocycles. The number of halogens is 11. The van der Waals surface area contributed by atoms with Gasteiger partial charge in [-0.2, -0.15) is 48.3 Å². The zero-order valence-corrected chi connectivity index (χ0v) is 16.0. The van der Waals surface area contributed by atoms with E-state index >= 15 is 0 Å². The van der Waals surface area contributed by atoms with Crippen LogP contribution in [-0.4, -0.2) is 36.1 Å². The quantitative estimate of drug-likeness (QED) is 0.301.